The first-order valence-electron chi connectivity index (χ1n) is 9.14. The van der Waals surface area contributed by atoms with Crippen LogP contribution in [0.5, 0.6) is 11.5 Å². The number of rotatable bonds is 8. The van der Waals surface area contributed by atoms with Gasteiger partial charge in [-0.25, -0.2) is 10.4 Å². The molecule has 0 radical (unpaired) electrons. The Morgan fingerprint density at radius 2 is 2.07 bits per heavy atom. The summed E-state index contributed by atoms with van der Waals surface area (Å²) in [5.74, 6) is 0.718. The van der Waals surface area contributed by atoms with Gasteiger partial charge in [0.15, 0.2) is 16.6 Å². The lowest BCUT2D eigenvalue weighted by molar-refractivity contribution is 0.0958. The van der Waals surface area contributed by atoms with E-state index in [9.17, 15) is 4.79 Å². The molecule has 0 bridgehead atoms. The lowest BCUT2D eigenvalue weighted by atomic mass is 10.2. The van der Waals surface area contributed by atoms with Crippen LogP contribution in [0.25, 0.3) is 0 Å². The molecule has 156 valence electrons. The van der Waals surface area contributed by atoms with Crippen LogP contribution in [-0.2, 0) is 13.0 Å². The molecule has 1 heterocycles. The van der Waals surface area contributed by atoms with Crippen molar-refractivity contribution in [3.05, 3.63) is 69.2 Å². The van der Waals surface area contributed by atoms with Gasteiger partial charge in [0.2, 0.25) is 0 Å². The predicted octanol–water partition coefficient (Wildman–Crippen LogP) is 4.29. The van der Waals surface area contributed by atoms with Crippen LogP contribution in [0.3, 0.4) is 0 Å². The minimum absolute atomic E-state index is 0.324. The minimum Gasteiger partial charge on any atom is -0.493 e. The van der Waals surface area contributed by atoms with Gasteiger partial charge in [0.05, 0.1) is 19.0 Å². The zero-order chi connectivity index (χ0) is 21.5. The average molecular weight is 445 g/mol. The number of anilines is 1. The Morgan fingerprint density at radius 3 is 2.77 bits per heavy atom. The molecule has 3 N–H and O–H groups in total. The van der Waals surface area contributed by atoms with Crippen LogP contribution in [-0.4, -0.2) is 24.2 Å². The van der Waals surface area contributed by atoms with Gasteiger partial charge < -0.3 is 15.2 Å². The number of nitrogen functional groups attached to an aromatic ring is 1. The van der Waals surface area contributed by atoms with Crippen molar-refractivity contribution in [1.29, 1.82) is 0 Å². The summed E-state index contributed by atoms with van der Waals surface area (Å²) >= 11 is 7.06. The number of halogens is 1. The number of para-hydroxylation sites is 1. The van der Waals surface area contributed by atoms with Crippen molar-refractivity contribution in [3.63, 3.8) is 0 Å². The molecule has 30 heavy (non-hydrogen) atoms. The first-order chi connectivity index (χ1) is 14.5. The molecule has 0 saturated carbocycles. The molecule has 7 nitrogen and oxygen atoms in total. The van der Waals surface area contributed by atoms with E-state index < -0.39 is 0 Å². The van der Waals surface area contributed by atoms with Crippen LogP contribution in [0.2, 0.25) is 5.02 Å². The maximum absolute atomic E-state index is 12.4. The number of carbonyl (C=O) groups excluding carboxylic acids is 1. The number of methoxy groups -OCH3 is 1. The molecule has 0 saturated heterocycles. The maximum atomic E-state index is 12.4. The Balaban J connectivity index is 1.74. The van der Waals surface area contributed by atoms with Gasteiger partial charge in [0.1, 0.15) is 11.5 Å². The van der Waals surface area contributed by atoms with Crippen molar-refractivity contribution in [2.24, 2.45) is 5.10 Å². The Bertz CT molecular complexity index is 1050. The van der Waals surface area contributed by atoms with Gasteiger partial charge in [-0.05, 0) is 36.2 Å². The van der Waals surface area contributed by atoms with Crippen LogP contribution in [0, 0.1) is 0 Å². The zero-order valence-corrected chi connectivity index (χ0v) is 18.1. The number of hydrogen-bond donors (Lipinski definition) is 2. The number of aromatic nitrogens is 1. The van der Waals surface area contributed by atoms with E-state index in [0.29, 0.717) is 50.8 Å². The average Bonchev–Trinajstić information content (AvgIpc) is 3.14. The Hall–Kier alpha value is -3.10. The van der Waals surface area contributed by atoms with E-state index in [0.717, 1.165) is 16.9 Å². The second-order valence-electron chi connectivity index (χ2n) is 6.17. The number of aryl methyl sites for hydroxylation is 1. The number of carbonyl (C=O) groups is 1. The highest BCUT2D eigenvalue weighted by molar-refractivity contribution is 7.17. The molecule has 0 aliphatic carbocycles. The predicted molar refractivity (Wildman–Crippen MR) is 120 cm³/mol. The molecule has 3 aromatic rings. The number of nitrogens with one attached hydrogen (secondary N) is 1. The van der Waals surface area contributed by atoms with Crippen LogP contribution in [0.1, 0.15) is 33.4 Å². The van der Waals surface area contributed by atoms with Gasteiger partial charge in [-0.3, -0.25) is 4.79 Å². The summed E-state index contributed by atoms with van der Waals surface area (Å²) in [7, 11) is 1.56. The molecular weight excluding hydrogens is 424 g/mol. The third-order valence-corrected chi connectivity index (χ3v) is 5.33. The van der Waals surface area contributed by atoms with Crippen molar-refractivity contribution < 1.29 is 14.3 Å². The summed E-state index contributed by atoms with van der Waals surface area (Å²) in [6.07, 6.45) is 2.12. The molecule has 0 fully saturated rings. The third-order valence-electron chi connectivity index (χ3n) is 4.15. The first kappa shape index (κ1) is 21.6. The van der Waals surface area contributed by atoms with E-state index in [1.165, 1.54) is 6.21 Å². The summed E-state index contributed by atoms with van der Waals surface area (Å²) in [4.78, 5) is 17.0. The first-order valence-corrected chi connectivity index (χ1v) is 10.3. The second kappa shape index (κ2) is 10.1. The van der Waals surface area contributed by atoms with E-state index in [4.69, 9.17) is 26.8 Å². The smallest absolute Gasteiger partial charge is 0.283 e. The number of benzene rings is 2. The highest BCUT2D eigenvalue weighted by Gasteiger charge is 2.15. The van der Waals surface area contributed by atoms with Crippen molar-refractivity contribution in [2.75, 3.05) is 12.8 Å². The molecule has 0 atom stereocenters. The summed E-state index contributed by atoms with van der Waals surface area (Å²) in [5, 5.41) is 5.08. The van der Waals surface area contributed by atoms with Gasteiger partial charge in [0, 0.05) is 10.6 Å². The maximum Gasteiger partial charge on any atom is 0.283 e. The fourth-order valence-electron chi connectivity index (χ4n) is 2.68. The standard InChI is InChI=1S/C21H21ClN4O3S/c1-3-16-19(30-21(23)25-16)20(27)26-24-11-14-5-4-6-17(28-2)18(14)29-12-13-7-9-15(22)10-8-13/h4-11H,3,12H2,1-2H3,(H2,23,25)(H,26,27). The normalized spacial score (nSPS) is 10.9. The van der Waals surface area contributed by atoms with E-state index in [-0.39, 0.29) is 5.91 Å². The quantitative estimate of drug-likeness (QED) is 0.398. The summed E-state index contributed by atoms with van der Waals surface area (Å²) in [6.45, 7) is 2.24. The highest BCUT2D eigenvalue weighted by Crippen LogP contribution is 2.31. The van der Waals surface area contributed by atoms with Crippen molar-refractivity contribution in [1.82, 2.24) is 10.4 Å². The highest BCUT2D eigenvalue weighted by atomic mass is 35.5. The zero-order valence-electron chi connectivity index (χ0n) is 16.5. The number of thiazole rings is 1. The largest absolute Gasteiger partial charge is 0.493 e. The number of ether oxygens (including phenoxy) is 2. The number of hydrogen-bond acceptors (Lipinski definition) is 7. The van der Waals surface area contributed by atoms with Crippen LogP contribution < -0.4 is 20.6 Å². The summed E-state index contributed by atoms with van der Waals surface area (Å²) < 4.78 is 11.4. The second-order valence-corrected chi connectivity index (χ2v) is 7.64. The molecular formula is C21H21ClN4O3S. The third kappa shape index (κ3) is 5.28. The lowest BCUT2D eigenvalue weighted by Crippen LogP contribution is -2.18. The SMILES string of the molecule is CCc1nc(N)sc1C(=O)NN=Cc1cccc(OC)c1OCc1ccc(Cl)cc1. The fourth-order valence-corrected chi connectivity index (χ4v) is 3.62. The van der Waals surface area contributed by atoms with E-state index in [1.54, 1.807) is 25.3 Å². The Morgan fingerprint density at radius 1 is 1.30 bits per heavy atom. The molecule has 0 aliphatic heterocycles. The Kier molecular flexibility index (Phi) is 7.26. The Labute approximate surface area is 183 Å². The molecule has 1 amide bonds. The molecule has 0 unspecified atom stereocenters. The monoisotopic (exact) mass is 444 g/mol. The molecule has 3 rings (SSSR count). The van der Waals surface area contributed by atoms with Crippen LogP contribution in [0.4, 0.5) is 5.13 Å². The van der Waals surface area contributed by atoms with Gasteiger partial charge in [-0.2, -0.15) is 5.10 Å². The minimum atomic E-state index is -0.358. The molecule has 0 aliphatic rings. The summed E-state index contributed by atoms with van der Waals surface area (Å²) in [6, 6.07) is 12.8. The number of nitrogens with zero attached hydrogens (tertiary/aromatic N) is 2. The molecule has 0 spiro atoms. The van der Waals surface area contributed by atoms with Gasteiger partial charge in [0.25, 0.3) is 5.91 Å². The summed E-state index contributed by atoms with van der Waals surface area (Å²) in [5.41, 5.74) is 10.5. The lowest BCUT2D eigenvalue weighted by Gasteiger charge is -2.13. The molecule has 1 aromatic heterocycles. The van der Waals surface area contributed by atoms with E-state index in [2.05, 4.69) is 15.5 Å². The van der Waals surface area contributed by atoms with Crippen LogP contribution >= 0.6 is 22.9 Å². The van der Waals surface area contributed by atoms with Crippen LogP contribution in [0.15, 0.2) is 47.6 Å². The topological polar surface area (TPSA) is 98.8 Å². The number of hydrazone groups is 1. The van der Waals surface area contributed by atoms with Crippen molar-refractivity contribution >= 4 is 40.2 Å². The molecule has 9 heteroatoms. The number of amides is 1. The fraction of sp³-hybridized carbons (Fsp3) is 0.190. The van der Waals surface area contributed by atoms with Gasteiger partial charge >= 0.3 is 0 Å². The van der Waals surface area contributed by atoms with Crippen molar-refractivity contribution in [3.8, 4) is 11.5 Å². The van der Waals surface area contributed by atoms with Gasteiger partial charge in [-0.15, -0.1) is 0 Å². The van der Waals surface area contributed by atoms with E-state index >= 15 is 0 Å². The van der Waals surface area contributed by atoms with E-state index in [1.807, 2.05) is 31.2 Å². The van der Waals surface area contributed by atoms with Crippen molar-refractivity contribution in [2.45, 2.75) is 20.0 Å². The molecule has 2 aromatic carbocycles. The van der Waals surface area contributed by atoms with Gasteiger partial charge in [-0.1, -0.05) is 48.1 Å². The number of nitrogens with two attached hydrogens (primary N) is 1.